The SMILES string of the molecule is C1=CCC(CNc2ccccc2N2CCCC2)CC1. The maximum absolute atomic E-state index is 3.68. The zero-order valence-electron chi connectivity index (χ0n) is 11.6. The normalized spacial score (nSPS) is 22.7. The maximum Gasteiger partial charge on any atom is 0.0602 e. The highest BCUT2D eigenvalue weighted by Crippen LogP contribution is 2.29. The number of rotatable bonds is 4. The number of allylic oxidation sites excluding steroid dienone is 2. The number of para-hydroxylation sites is 2. The number of hydrogen-bond acceptors (Lipinski definition) is 2. The van der Waals surface area contributed by atoms with E-state index in [9.17, 15) is 0 Å². The molecule has 1 fully saturated rings. The molecule has 1 heterocycles. The predicted octanol–water partition coefficient (Wildman–Crippen LogP) is 4.06. The number of hydrogen-bond donors (Lipinski definition) is 1. The fraction of sp³-hybridized carbons (Fsp3) is 0.529. The average molecular weight is 256 g/mol. The Bertz CT molecular complexity index is 433. The van der Waals surface area contributed by atoms with Crippen molar-refractivity contribution in [2.75, 3.05) is 29.9 Å². The topological polar surface area (TPSA) is 15.3 Å². The van der Waals surface area contributed by atoms with E-state index in [4.69, 9.17) is 0 Å². The summed E-state index contributed by atoms with van der Waals surface area (Å²) in [5.74, 6) is 0.802. The lowest BCUT2D eigenvalue weighted by molar-refractivity contribution is 0.504. The predicted molar refractivity (Wildman–Crippen MR) is 82.9 cm³/mol. The van der Waals surface area contributed by atoms with E-state index in [2.05, 4.69) is 46.6 Å². The van der Waals surface area contributed by atoms with Crippen molar-refractivity contribution < 1.29 is 0 Å². The van der Waals surface area contributed by atoms with Crippen molar-refractivity contribution in [3.05, 3.63) is 36.4 Å². The molecular weight excluding hydrogens is 232 g/mol. The first-order chi connectivity index (χ1) is 9.43. The molecule has 1 aliphatic carbocycles. The summed E-state index contributed by atoms with van der Waals surface area (Å²) >= 11 is 0. The highest BCUT2D eigenvalue weighted by molar-refractivity contribution is 5.70. The van der Waals surface area contributed by atoms with Crippen LogP contribution in [-0.4, -0.2) is 19.6 Å². The van der Waals surface area contributed by atoms with Crippen LogP contribution in [0.4, 0.5) is 11.4 Å². The second kappa shape index (κ2) is 6.14. The van der Waals surface area contributed by atoms with Crippen LogP contribution in [0.1, 0.15) is 32.1 Å². The van der Waals surface area contributed by atoms with Gasteiger partial charge < -0.3 is 10.2 Å². The quantitative estimate of drug-likeness (QED) is 0.817. The maximum atomic E-state index is 3.68. The van der Waals surface area contributed by atoms with Gasteiger partial charge in [-0.15, -0.1) is 0 Å². The molecule has 1 aliphatic heterocycles. The highest BCUT2D eigenvalue weighted by Gasteiger charge is 2.16. The first-order valence-corrected chi connectivity index (χ1v) is 7.66. The molecule has 0 bridgehead atoms. The van der Waals surface area contributed by atoms with E-state index in [0.29, 0.717) is 0 Å². The molecule has 1 aromatic rings. The molecule has 19 heavy (non-hydrogen) atoms. The van der Waals surface area contributed by atoms with Crippen LogP contribution < -0.4 is 10.2 Å². The van der Waals surface area contributed by atoms with Gasteiger partial charge in [0, 0.05) is 19.6 Å². The fourth-order valence-electron chi connectivity index (χ4n) is 3.15. The third-order valence-corrected chi connectivity index (χ3v) is 4.31. The lowest BCUT2D eigenvalue weighted by Crippen LogP contribution is -2.21. The van der Waals surface area contributed by atoms with Crippen molar-refractivity contribution in [1.29, 1.82) is 0 Å². The number of anilines is 2. The van der Waals surface area contributed by atoms with Crippen molar-refractivity contribution in [3.63, 3.8) is 0 Å². The molecule has 0 spiro atoms. The first kappa shape index (κ1) is 12.6. The van der Waals surface area contributed by atoms with Gasteiger partial charge in [0.05, 0.1) is 11.4 Å². The van der Waals surface area contributed by atoms with Gasteiger partial charge in [-0.3, -0.25) is 0 Å². The Hall–Kier alpha value is -1.44. The van der Waals surface area contributed by atoms with Gasteiger partial charge in [-0.05, 0) is 50.2 Å². The number of nitrogens with one attached hydrogen (secondary N) is 1. The standard InChI is InChI=1S/C17H24N2/c1-2-8-15(9-3-1)14-18-16-10-4-5-11-17(16)19-12-6-7-13-19/h1-2,4-5,10-11,15,18H,3,6-9,12-14H2. The van der Waals surface area contributed by atoms with Crippen molar-refractivity contribution in [1.82, 2.24) is 0 Å². The molecular formula is C17H24N2. The van der Waals surface area contributed by atoms with Gasteiger partial charge >= 0.3 is 0 Å². The van der Waals surface area contributed by atoms with Crippen LogP contribution >= 0.6 is 0 Å². The minimum atomic E-state index is 0.802. The molecule has 0 aromatic heterocycles. The van der Waals surface area contributed by atoms with Crippen LogP contribution in [0.2, 0.25) is 0 Å². The molecule has 1 aromatic carbocycles. The van der Waals surface area contributed by atoms with E-state index < -0.39 is 0 Å². The zero-order chi connectivity index (χ0) is 12.9. The van der Waals surface area contributed by atoms with Crippen LogP contribution in [0.15, 0.2) is 36.4 Å². The van der Waals surface area contributed by atoms with Crippen LogP contribution in [-0.2, 0) is 0 Å². The smallest absolute Gasteiger partial charge is 0.0602 e. The van der Waals surface area contributed by atoms with E-state index >= 15 is 0 Å². The summed E-state index contributed by atoms with van der Waals surface area (Å²) in [5, 5.41) is 3.68. The monoisotopic (exact) mass is 256 g/mol. The van der Waals surface area contributed by atoms with Gasteiger partial charge in [0.2, 0.25) is 0 Å². The molecule has 2 nitrogen and oxygen atoms in total. The molecule has 0 amide bonds. The molecule has 2 heteroatoms. The molecule has 102 valence electrons. The molecule has 1 saturated heterocycles. The summed E-state index contributed by atoms with van der Waals surface area (Å²) < 4.78 is 0. The number of nitrogens with zero attached hydrogens (tertiary/aromatic N) is 1. The Balaban J connectivity index is 1.64. The average Bonchev–Trinajstić information content (AvgIpc) is 3.01. The largest absolute Gasteiger partial charge is 0.383 e. The summed E-state index contributed by atoms with van der Waals surface area (Å²) in [6.45, 7) is 3.53. The van der Waals surface area contributed by atoms with Gasteiger partial charge in [0.15, 0.2) is 0 Å². The third-order valence-electron chi connectivity index (χ3n) is 4.31. The van der Waals surface area contributed by atoms with E-state index in [0.717, 1.165) is 12.5 Å². The molecule has 3 rings (SSSR count). The Morgan fingerprint density at radius 2 is 1.95 bits per heavy atom. The minimum absolute atomic E-state index is 0.802. The molecule has 0 radical (unpaired) electrons. The lowest BCUT2D eigenvalue weighted by Gasteiger charge is -2.24. The van der Waals surface area contributed by atoms with E-state index in [1.165, 1.54) is 56.6 Å². The molecule has 0 saturated carbocycles. The summed E-state index contributed by atoms with van der Waals surface area (Å²) in [5.41, 5.74) is 2.71. The first-order valence-electron chi connectivity index (χ1n) is 7.66. The van der Waals surface area contributed by atoms with Gasteiger partial charge in [-0.1, -0.05) is 24.3 Å². The number of benzene rings is 1. The van der Waals surface area contributed by atoms with Gasteiger partial charge in [-0.25, -0.2) is 0 Å². The van der Waals surface area contributed by atoms with Crippen molar-refractivity contribution in [2.45, 2.75) is 32.1 Å². The molecule has 1 N–H and O–H groups in total. The Morgan fingerprint density at radius 3 is 2.74 bits per heavy atom. The third kappa shape index (κ3) is 3.12. The van der Waals surface area contributed by atoms with Crippen LogP contribution in [0.3, 0.4) is 0 Å². The van der Waals surface area contributed by atoms with E-state index in [1.807, 2.05) is 0 Å². The molecule has 1 unspecified atom stereocenters. The second-order valence-corrected chi connectivity index (χ2v) is 5.74. The van der Waals surface area contributed by atoms with Gasteiger partial charge in [-0.2, -0.15) is 0 Å². The van der Waals surface area contributed by atoms with Crippen molar-refractivity contribution in [3.8, 4) is 0 Å². The lowest BCUT2D eigenvalue weighted by atomic mass is 9.94. The van der Waals surface area contributed by atoms with E-state index in [1.54, 1.807) is 0 Å². The fourth-order valence-corrected chi connectivity index (χ4v) is 3.15. The van der Waals surface area contributed by atoms with Crippen molar-refractivity contribution >= 4 is 11.4 Å². The van der Waals surface area contributed by atoms with Crippen molar-refractivity contribution in [2.24, 2.45) is 5.92 Å². The summed E-state index contributed by atoms with van der Waals surface area (Å²) in [7, 11) is 0. The Kier molecular flexibility index (Phi) is 4.07. The van der Waals surface area contributed by atoms with Crippen LogP contribution in [0.5, 0.6) is 0 Å². The zero-order valence-corrected chi connectivity index (χ0v) is 11.6. The molecule has 2 aliphatic rings. The Labute approximate surface area is 116 Å². The van der Waals surface area contributed by atoms with Gasteiger partial charge in [0.1, 0.15) is 0 Å². The summed E-state index contributed by atoms with van der Waals surface area (Å²) in [6, 6.07) is 8.78. The van der Waals surface area contributed by atoms with Gasteiger partial charge in [0.25, 0.3) is 0 Å². The van der Waals surface area contributed by atoms with Crippen LogP contribution in [0, 0.1) is 5.92 Å². The minimum Gasteiger partial charge on any atom is -0.383 e. The Morgan fingerprint density at radius 1 is 1.11 bits per heavy atom. The second-order valence-electron chi connectivity index (χ2n) is 5.74. The molecule has 1 atom stereocenters. The summed E-state index contributed by atoms with van der Waals surface area (Å²) in [4.78, 5) is 2.52. The van der Waals surface area contributed by atoms with Crippen LogP contribution in [0.25, 0.3) is 0 Å². The van der Waals surface area contributed by atoms with E-state index in [-0.39, 0.29) is 0 Å². The highest BCUT2D eigenvalue weighted by atomic mass is 15.2. The summed E-state index contributed by atoms with van der Waals surface area (Å²) in [6.07, 6.45) is 11.1.